The minimum atomic E-state index is -0.00175. The van der Waals surface area contributed by atoms with Crippen LogP contribution in [0.2, 0.25) is 0 Å². The number of hydrogen-bond acceptors (Lipinski definition) is 5. The molecule has 7 nitrogen and oxygen atoms in total. The maximum absolute atomic E-state index is 12.9. The first-order valence-electron chi connectivity index (χ1n) is 12.6. The summed E-state index contributed by atoms with van der Waals surface area (Å²) in [5.41, 5.74) is 1.84. The van der Waals surface area contributed by atoms with Crippen LogP contribution in [0.25, 0.3) is 16.7 Å². The van der Waals surface area contributed by atoms with E-state index < -0.39 is 0 Å². The Morgan fingerprint density at radius 3 is 2.53 bits per heavy atom. The Hall–Kier alpha value is -2.96. The second-order valence-corrected chi connectivity index (χ2v) is 10.7. The molecule has 0 N–H and O–H groups in total. The Morgan fingerprint density at radius 2 is 1.82 bits per heavy atom. The van der Waals surface area contributed by atoms with Gasteiger partial charge in [-0.1, -0.05) is 59.2 Å². The van der Waals surface area contributed by atoms with E-state index in [-0.39, 0.29) is 17.2 Å². The molecule has 182 valence electrons. The molecule has 0 radical (unpaired) electrons. The van der Waals surface area contributed by atoms with Gasteiger partial charge in [-0.15, -0.1) is 0 Å². The smallest absolute Gasteiger partial charge is 0.223 e. The fourth-order valence-corrected chi connectivity index (χ4v) is 4.64. The highest BCUT2D eigenvalue weighted by molar-refractivity contribution is 5.88. The van der Waals surface area contributed by atoms with E-state index in [1.54, 1.807) is 0 Å². The van der Waals surface area contributed by atoms with Gasteiger partial charge in [-0.25, -0.2) is 14.6 Å². The van der Waals surface area contributed by atoms with Crippen LogP contribution in [0.4, 0.5) is 5.82 Å². The van der Waals surface area contributed by atoms with Crippen molar-refractivity contribution < 1.29 is 4.79 Å². The predicted octanol–water partition coefficient (Wildman–Crippen LogP) is 5.19. The van der Waals surface area contributed by atoms with Gasteiger partial charge >= 0.3 is 0 Å². The minimum absolute atomic E-state index is 0.00175. The van der Waals surface area contributed by atoms with Crippen molar-refractivity contribution >= 4 is 22.8 Å². The molecule has 7 heteroatoms. The van der Waals surface area contributed by atoms with E-state index in [4.69, 9.17) is 15.1 Å². The van der Waals surface area contributed by atoms with Crippen LogP contribution in [-0.4, -0.2) is 56.7 Å². The Bertz CT molecular complexity index is 1120. The molecule has 1 aromatic carbocycles. The summed E-state index contributed by atoms with van der Waals surface area (Å²) in [6.45, 7) is 13.9. The molecule has 0 unspecified atom stereocenters. The van der Waals surface area contributed by atoms with E-state index in [0.29, 0.717) is 13.0 Å². The molecule has 0 spiro atoms. The number of aromatic nitrogens is 4. The number of amides is 1. The van der Waals surface area contributed by atoms with Gasteiger partial charge in [0, 0.05) is 38.5 Å². The van der Waals surface area contributed by atoms with Crippen LogP contribution in [0.5, 0.6) is 0 Å². The number of rotatable bonds is 6. The van der Waals surface area contributed by atoms with Gasteiger partial charge in [0.1, 0.15) is 11.6 Å². The second-order valence-electron chi connectivity index (χ2n) is 10.7. The Labute approximate surface area is 203 Å². The van der Waals surface area contributed by atoms with Gasteiger partial charge in [-0.2, -0.15) is 5.10 Å². The van der Waals surface area contributed by atoms with Crippen molar-refractivity contribution in [2.24, 2.45) is 5.41 Å². The third kappa shape index (κ3) is 5.40. The van der Waals surface area contributed by atoms with Crippen molar-refractivity contribution in [1.82, 2.24) is 24.6 Å². The molecular weight excluding hydrogens is 424 g/mol. The van der Waals surface area contributed by atoms with Crippen LogP contribution in [0.3, 0.4) is 0 Å². The van der Waals surface area contributed by atoms with Crippen molar-refractivity contribution in [3.8, 4) is 5.69 Å². The number of fused-ring (bicyclic) bond motifs is 1. The monoisotopic (exact) mass is 462 g/mol. The van der Waals surface area contributed by atoms with Crippen molar-refractivity contribution in [1.29, 1.82) is 0 Å². The highest BCUT2D eigenvalue weighted by Crippen LogP contribution is 2.30. The average molecular weight is 463 g/mol. The largest absolute Gasteiger partial charge is 0.354 e. The molecule has 1 saturated heterocycles. The fourth-order valence-electron chi connectivity index (χ4n) is 4.64. The van der Waals surface area contributed by atoms with Crippen LogP contribution in [0.15, 0.2) is 36.5 Å². The Morgan fingerprint density at radius 1 is 1.06 bits per heavy atom. The van der Waals surface area contributed by atoms with Gasteiger partial charge in [-0.3, -0.25) is 4.79 Å². The van der Waals surface area contributed by atoms with Crippen LogP contribution in [-0.2, 0) is 4.79 Å². The van der Waals surface area contributed by atoms with Gasteiger partial charge in [0.15, 0.2) is 5.65 Å². The summed E-state index contributed by atoms with van der Waals surface area (Å²) in [5.74, 6) is 2.32. The predicted molar refractivity (Wildman–Crippen MR) is 137 cm³/mol. The number of carbonyl (C=O) groups is 1. The van der Waals surface area contributed by atoms with E-state index in [1.807, 2.05) is 46.1 Å². The van der Waals surface area contributed by atoms with Crippen molar-refractivity contribution in [2.45, 2.75) is 66.2 Å². The summed E-state index contributed by atoms with van der Waals surface area (Å²) in [6.07, 6.45) is 5.52. The molecule has 0 saturated carbocycles. The van der Waals surface area contributed by atoms with E-state index in [1.165, 1.54) is 0 Å². The quantitative estimate of drug-likeness (QED) is 0.504. The number of carbonyl (C=O) groups excluding carboxylic acids is 1. The molecule has 0 aliphatic carbocycles. The van der Waals surface area contributed by atoms with Gasteiger partial charge in [0.05, 0.1) is 17.3 Å². The molecule has 34 heavy (non-hydrogen) atoms. The topological polar surface area (TPSA) is 67.2 Å². The normalized spacial score (nSPS) is 16.0. The lowest BCUT2D eigenvalue weighted by molar-refractivity contribution is -0.132. The molecule has 1 fully saturated rings. The molecule has 1 amide bonds. The van der Waals surface area contributed by atoms with Crippen LogP contribution >= 0.6 is 0 Å². The van der Waals surface area contributed by atoms with Crippen LogP contribution in [0.1, 0.15) is 72.0 Å². The Balaban J connectivity index is 1.68. The zero-order valence-electron chi connectivity index (χ0n) is 21.3. The molecule has 2 aromatic heterocycles. The van der Waals surface area contributed by atoms with Gasteiger partial charge < -0.3 is 9.80 Å². The van der Waals surface area contributed by atoms with Crippen LogP contribution in [0, 0.1) is 5.41 Å². The minimum Gasteiger partial charge on any atom is -0.354 e. The first-order valence-corrected chi connectivity index (χ1v) is 12.6. The Kier molecular flexibility index (Phi) is 7.19. The molecule has 1 atom stereocenters. The molecule has 3 heterocycles. The maximum Gasteiger partial charge on any atom is 0.223 e. The van der Waals surface area contributed by atoms with Gasteiger partial charge in [0.25, 0.3) is 0 Å². The van der Waals surface area contributed by atoms with Crippen molar-refractivity contribution in [3.63, 3.8) is 0 Å². The third-order valence-electron chi connectivity index (χ3n) is 6.42. The SMILES string of the molecule is CCC[C@@H](C)c1nc(N2CCCN(C(=O)CC(C)(C)C)CC2)c2cnn(-c3ccccc3)c2n1. The number of para-hydroxylation sites is 1. The highest BCUT2D eigenvalue weighted by Gasteiger charge is 2.26. The molecular formula is C27H38N6O. The van der Waals surface area contributed by atoms with E-state index in [2.05, 4.69) is 39.5 Å². The maximum atomic E-state index is 12.9. The zero-order chi connectivity index (χ0) is 24.3. The first-order chi connectivity index (χ1) is 16.3. The van der Waals surface area contributed by atoms with E-state index in [0.717, 1.165) is 67.3 Å². The van der Waals surface area contributed by atoms with E-state index >= 15 is 0 Å². The van der Waals surface area contributed by atoms with Gasteiger partial charge in [-0.05, 0) is 30.4 Å². The summed E-state index contributed by atoms with van der Waals surface area (Å²) in [4.78, 5) is 27.3. The molecule has 1 aliphatic heterocycles. The average Bonchev–Trinajstić information content (AvgIpc) is 3.07. The summed E-state index contributed by atoms with van der Waals surface area (Å²) >= 11 is 0. The highest BCUT2D eigenvalue weighted by atomic mass is 16.2. The lowest BCUT2D eigenvalue weighted by atomic mass is 9.91. The first kappa shape index (κ1) is 24.2. The summed E-state index contributed by atoms with van der Waals surface area (Å²) in [6, 6.07) is 10.1. The zero-order valence-corrected chi connectivity index (χ0v) is 21.3. The molecule has 4 rings (SSSR count). The summed E-state index contributed by atoms with van der Waals surface area (Å²) < 4.78 is 1.92. The summed E-state index contributed by atoms with van der Waals surface area (Å²) in [5, 5.41) is 5.66. The lowest BCUT2D eigenvalue weighted by Crippen LogP contribution is -2.37. The van der Waals surface area contributed by atoms with Crippen molar-refractivity contribution in [3.05, 3.63) is 42.4 Å². The second kappa shape index (κ2) is 10.1. The number of nitrogens with zero attached hydrogens (tertiary/aromatic N) is 6. The molecule has 1 aliphatic rings. The van der Waals surface area contributed by atoms with Gasteiger partial charge in [0.2, 0.25) is 5.91 Å². The standard InChI is InChI=1S/C27H38N6O/c1-6-11-20(2)24-29-25(22-19-28-33(26(22)30-24)21-12-8-7-9-13-21)32-15-10-14-31(16-17-32)23(34)18-27(3,4)5/h7-9,12-13,19-20H,6,10-11,14-18H2,1-5H3/t20-/m1/s1. The molecule has 0 bridgehead atoms. The lowest BCUT2D eigenvalue weighted by Gasteiger charge is -2.26. The van der Waals surface area contributed by atoms with E-state index in [9.17, 15) is 4.79 Å². The van der Waals surface area contributed by atoms with Crippen molar-refractivity contribution in [2.75, 3.05) is 31.1 Å². The fraction of sp³-hybridized carbons (Fsp3) is 0.556. The molecule has 3 aromatic rings. The number of benzene rings is 1. The number of hydrogen-bond donors (Lipinski definition) is 0. The van der Waals surface area contributed by atoms with Crippen LogP contribution < -0.4 is 4.90 Å². The number of anilines is 1. The third-order valence-corrected chi connectivity index (χ3v) is 6.42. The summed E-state index contributed by atoms with van der Waals surface area (Å²) in [7, 11) is 0.